The Balaban J connectivity index is 1.35. The lowest BCUT2D eigenvalue weighted by molar-refractivity contribution is -0.157. The van der Waals surface area contributed by atoms with Crippen LogP contribution in [0.3, 0.4) is 0 Å². The van der Waals surface area contributed by atoms with E-state index < -0.39 is 0 Å². The Bertz CT molecular complexity index is 613. The van der Waals surface area contributed by atoms with Crippen molar-refractivity contribution in [2.24, 2.45) is 23.7 Å². The number of hydrogen-bond acceptors (Lipinski definition) is 5. The molecule has 3 aliphatic carbocycles. The second-order valence-electron chi connectivity index (χ2n) is 9.12. The molecule has 0 amide bonds. The predicted molar refractivity (Wildman–Crippen MR) is 110 cm³/mol. The minimum atomic E-state index is -0.226. The lowest BCUT2D eigenvalue weighted by Gasteiger charge is -2.37. The fourth-order valence-electron chi connectivity index (χ4n) is 5.41. The number of nitrogens with zero attached hydrogens (tertiary/aromatic N) is 1. The Morgan fingerprint density at radius 3 is 1.86 bits per heavy atom. The van der Waals surface area contributed by atoms with Gasteiger partial charge in [0.25, 0.3) is 0 Å². The zero-order valence-corrected chi connectivity index (χ0v) is 17.7. The van der Waals surface area contributed by atoms with E-state index >= 15 is 0 Å². The van der Waals surface area contributed by atoms with Gasteiger partial charge < -0.3 is 9.47 Å². The minimum absolute atomic E-state index is 0.0107. The van der Waals surface area contributed by atoms with Gasteiger partial charge in [-0.25, -0.2) is 4.79 Å². The largest absolute Gasteiger partial charge is 0.462 e. The first-order valence-corrected chi connectivity index (χ1v) is 11.5. The third kappa shape index (κ3) is 6.32. The predicted octanol–water partition coefficient (Wildman–Crippen LogP) is 5.10. The number of esters is 2. The van der Waals surface area contributed by atoms with E-state index in [2.05, 4.69) is 6.07 Å². The van der Waals surface area contributed by atoms with Crippen LogP contribution in [0.25, 0.3) is 0 Å². The van der Waals surface area contributed by atoms with Gasteiger partial charge in [0.05, 0.1) is 12.0 Å². The van der Waals surface area contributed by atoms with Crippen LogP contribution in [0.15, 0.2) is 12.2 Å². The highest BCUT2D eigenvalue weighted by Gasteiger charge is 2.35. The molecular formula is C24H35NO4. The molecule has 3 saturated carbocycles. The normalized spacial score (nSPS) is 35.6. The van der Waals surface area contributed by atoms with Crippen molar-refractivity contribution < 1.29 is 19.1 Å². The van der Waals surface area contributed by atoms with E-state index in [9.17, 15) is 9.59 Å². The van der Waals surface area contributed by atoms with Gasteiger partial charge in [-0.15, -0.1) is 0 Å². The monoisotopic (exact) mass is 401 g/mol. The van der Waals surface area contributed by atoms with Crippen LogP contribution >= 0.6 is 0 Å². The second-order valence-corrected chi connectivity index (χ2v) is 9.12. The van der Waals surface area contributed by atoms with Crippen LogP contribution in [0.5, 0.6) is 0 Å². The lowest BCUT2D eigenvalue weighted by Crippen LogP contribution is -2.33. The summed E-state index contributed by atoms with van der Waals surface area (Å²) in [5, 5.41) is 8.99. The van der Waals surface area contributed by atoms with Gasteiger partial charge in [-0.1, -0.05) is 6.08 Å². The van der Waals surface area contributed by atoms with Crippen molar-refractivity contribution in [1.82, 2.24) is 0 Å². The molecule has 0 N–H and O–H groups in total. The maximum atomic E-state index is 12.6. The average Bonchev–Trinajstić information content (AvgIpc) is 2.75. The fraction of sp³-hybridized carbons (Fsp3) is 0.792. The van der Waals surface area contributed by atoms with Crippen molar-refractivity contribution in [1.29, 1.82) is 5.26 Å². The van der Waals surface area contributed by atoms with Crippen LogP contribution in [0.4, 0.5) is 0 Å². The number of hydrogen-bond donors (Lipinski definition) is 0. The second kappa shape index (κ2) is 10.8. The number of nitriles is 1. The molecule has 0 aromatic heterocycles. The molecule has 0 aromatic carbocycles. The average molecular weight is 402 g/mol. The molecule has 0 radical (unpaired) electrons. The number of rotatable bonds is 5. The van der Waals surface area contributed by atoms with Crippen molar-refractivity contribution in [3.8, 4) is 6.07 Å². The van der Waals surface area contributed by atoms with Crippen molar-refractivity contribution in [3.63, 3.8) is 0 Å². The Labute approximate surface area is 174 Å². The highest BCUT2D eigenvalue weighted by Crippen LogP contribution is 2.41. The molecule has 0 atom stereocenters. The Hall–Kier alpha value is -1.83. The van der Waals surface area contributed by atoms with E-state index in [-0.39, 0.29) is 36.0 Å². The molecule has 0 aliphatic heterocycles. The summed E-state index contributed by atoms with van der Waals surface area (Å²) >= 11 is 0. The van der Waals surface area contributed by atoms with E-state index in [0.29, 0.717) is 11.8 Å². The molecule has 0 aromatic rings. The zero-order chi connectivity index (χ0) is 20.6. The van der Waals surface area contributed by atoms with Crippen LogP contribution in [-0.2, 0) is 19.1 Å². The quantitative estimate of drug-likeness (QED) is 0.473. The molecule has 3 aliphatic rings. The smallest absolute Gasteiger partial charge is 0.330 e. The Morgan fingerprint density at radius 2 is 1.31 bits per heavy atom. The van der Waals surface area contributed by atoms with Crippen LogP contribution in [-0.4, -0.2) is 24.1 Å². The van der Waals surface area contributed by atoms with Gasteiger partial charge in [-0.2, -0.15) is 5.26 Å². The molecule has 5 heteroatoms. The van der Waals surface area contributed by atoms with Crippen LogP contribution in [0.2, 0.25) is 0 Å². The highest BCUT2D eigenvalue weighted by molar-refractivity contribution is 5.81. The summed E-state index contributed by atoms with van der Waals surface area (Å²) in [6, 6.07) is 2.33. The molecule has 0 unspecified atom stereocenters. The van der Waals surface area contributed by atoms with E-state index in [1.807, 2.05) is 6.92 Å². The molecule has 3 rings (SSSR count). The van der Waals surface area contributed by atoms with Gasteiger partial charge in [-0.05, 0) is 95.8 Å². The third-order valence-electron chi connectivity index (χ3n) is 7.22. The standard InChI is InChI=1S/C24H35NO4/c1-2-3-23(26)28-21-14-10-19(11-15-21)18-6-8-20(9-7-18)24(27)29-22-12-4-17(16-25)5-13-22/h2-3,17-22H,4-15H2,1H3/b3-2+. The number of carbonyl (C=O) groups is 2. The van der Waals surface area contributed by atoms with E-state index in [1.165, 1.54) is 6.08 Å². The molecule has 0 heterocycles. The summed E-state index contributed by atoms with van der Waals surface area (Å²) in [6.45, 7) is 1.82. The highest BCUT2D eigenvalue weighted by atomic mass is 16.5. The summed E-state index contributed by atoms with van der Waals surface area (Å²) in [6.07, 6.45) is 14.9. The molecular weight excluding hydrogens is 366 g/mol. The molecule has 0 bridgehead atoms. The van der Waals surface area contributed by atoms with Gasteiger partial charge in [0.1, 0.15) is 12.2 Å². The first-order chi connectivity index (χ1) is 14.1. The van der Waals surface area contributed by atoms with Crippen molar-refractivity contribution in [3.05, 3.63) is 12.2 Å². The SMILES string of the molecule is C/C=C/C(=O)OC1CCC(C2CCC(C(=O)OC3CCC(C#N)CC3)CC2)CC1. The van der Waals surface area contributed by atoms with Crippen molar-refractivity contribution in [2.45, 2.75) is 96.2 Å². The topological polar surface area (TPSA) is 76.4 Å². The molecule has 0 saturated heterocycles. The van der Waals surface area contributed by atoms with Crippen molar-refractivity contribution >= 4 is 11.9 Å². The van der Waals surface area contributed by atoms with Crippen LogP contribution in [0, 0.1) is 35.0 Å². The van der Waals surface area contributed by atoms with Crippen LogP contribution in [0.1, 0.15) is 84.0 Å². The first-order valence-electron chi connectivity index (χ1n) is 11.5. The minimum Gasteiger partial charge on any atom is -0.462 e. The van der Waals surface area contributed by atoms with Gasteiger partial charge >= 0.3 is 11.9 Å². The molecule has 5 nitrogen and oxygen atoms in total. The summed E-state index contributed by atoms with van der Waals surface area (Å²) in [4.78, 5) is 24.2. The van der Waals surface area contributed by atoms with Gasteiger partial charge in [-0.3, -0.25) is 4.79 Å². The van der Waals surface area contributed by atoms with E-state index in [0.717, 1.165) is 77.0 Å². The number of carbonyl (C=O) groups excluding carboxylic acids is 2. The fourth-order valence-corrected chi connectivity index (χ4v) is 5.41. The van der Waals surface area contributed by atoms with E-state index in [1.54, 1.807) is 6.08 Å². The summed E-state index contributed by atoms with van der Waals surface area (Å²) in [7, 11) is 0. The maximum absolute atomic E-state index is 12.6. The van der Waals surface area contributed by atoms with E-state index in [4.69, 9.17) is 14.7 Å². The summed E-state index contributed by atoms with van der Waals surface area (Å²) in [5.74, 6) is 1.35. The van der Waals surface area contributed by atoms with Gasteiger partial charge in [0.2, 0.25) is 0 Å². The Kier molecular flexibility index (Phi) is 8.15. The van der Waals surface area contributed by atoms with Gasteiger partial charge in [0, 0.05) is 12.0 Å². The summed E-state index contributed by atoms with van der Waals surface area (Å²) in [5.41, 5.74) is 0. The third-order valence-corrected chi connectivity index (χ3v) is 7.22. The lowest BCUT2D eigenvalue weighted by atomic mass is 9.70. The molecule has 0 spiro atoms. The molecule has 3 fully saturated rings. The summed E-state index contributed by atoms with van der Waals surface area (Å²) < 4.78 is 11.3. The molecule has 160 valence electrons. The number of allylic oxidation sites excluding steroid dienone is 1. The molecule has 29 heavy (non-hydrogen) atoms. The zero-order valence-electron chi connectivity index (χ0n) is 17.7. The first kappa shape index (κ1) is 21.9. The number of ether oxygens (including phenoxy) is 2. The van der Waals surface area contributed by atoms with Gasteiger partial charge in [0.15, 0.2) is 0 Å². The Morgan fingerprint density at radius 1 is 0.793 bits per heavy atom. The maximum Gasteiger partial charge on any atom is 0.330 e. The van der Waals surface area contributed by atoms with Crippen LogP contribution < -0.4 is 0 Å². The van der Waals surface area contributed by atoms with Crippen molar-refractivity contribution in [2.75, 3.05) is 0 Å².